The first-order valence-electron chi connectivity index (χ1n) is 6.74. The van der Waals surface area contributed by atoms with E-state index in [0.717, 1.165) is 13.1 Å². The SMILES string of the molecule is CNCCC(=O)NCC1(c2ccccc2)CCC1. The Morgan fingerprint density at radius 1 is 1.28 bits per heavy atom. The molecule has 1 aliphatic carbocycles. The number of rotatable bonds is 6. The van der Waals surface area contributed by atoms with Crippen LogP contribution < -0.4 is 10.6 Å². The van der Waals surface area contributed by atoms with E-state index in [1.807, 2.05) is 13.1 Å². The number of hydrogen-bond acceptors (Lipinski definition) is 2. The van der Waals surface area contributed by atoms with Crippen molar-refractivity contribution in [3.63, 3.8) is 0 Å². The number of benzene rings is 1. The van der Waals surface area contributed by atoms with E-state index in [9.17, 15) is 4.79 Å². The Morgan fingerprint density at radius 3 is 2.56 bits per heavy atom. The molecule has 0 unspecified atom stereocenters. The monoisotopic (exact) mass is 246 g/mol. The van der Waals surface area contributed by atoms with Gasteiger partial charge in [-0.25, -0.2) is 0 Å². The first-order valence-corrected chi connectivity index (χ1v) is 6.74. The predicted octanol–water partition coefficient (Wildman–Crippen LogP) is 1.83. The van der Waals surface area contributed by atoms with Gasteiger partial charge in [-0.2, -0.15) is 0 Å². The molecule has 3 nitrogen and oxygen atoms in total. The lowest BCUT2D eigenvalue weighted by molar-refractivity contribution is -0.121. The summed E-state index contributed by atoms with van der Waals surface area (Å²) in [6.07, 6.45) is 4.19. The molecular formula is C15H22N2O. The number of carbonyl (C=O) groups excluding carboxylic acids is 1. The molecule has 0 aromatic heterocycles. The van der Waals surface area contributed by atoms with Crippen LogP contribution in [-0.4, -0.2) is 26.0 Å². The molecule has 0 aliphatic heterocycles. The summed E-state index contributed by atoms with van der Waals surface area (Å²) in [5.74, 6) is 0.145. The zero-order valence-electron chi connectivity index (χ0n) is 11.0. The van der Waals surface area contributed by atoms with E-state index in [-0.39, 0.29) is 11.3 Å². The molecule has 2 N–H and O–H groups in total. The largest absolute Gasteiger partial charge is 0.355 e. The first-order chi connectivity index (χ1) is 8.77. The maximum Gasteiger partial charge on any atom is 0.221 e. The second-order valence-electron chi connectivity index (χ2n) is 5.13. The van der Waals surface area contributed by atoms with Crippen LogP contribution in [-0.2, 0) is 10.2 Å². The molecule has 1 saturated carbocycles. The predicted molar refractivity (Wildman–Crippen MR) is 73.5 cm³/mol. The number of carbonyl (C=O) groups is 1. The highest BCUT2D eigenvalue weighted by Crippen LogP contribution is 2.43. The van der Waals surface area contributed by atoms with Gasteiger partial charge in [0, 0.05) is 24.9 Å². The van der Waals surface area contributed by atoms with E-state index < -0.39 is 0 Å². The maximum absolute atomic E-state index is 11.7. The third-order valence-electron chi connectivity index (χ3n) is 3.92. The molecule has 1 fully saturated rings. The number of amides is 1. The van der Waals surface area contributed by atoms with Crippen LogP contribution in [0.4, 0.5) is 0 Å². The molecule has 98 valence electrons. The number of hydrogen-bond donors (Lipinski definition) is 2. The van der Waals surface area contributed by atoms with Gasteiger partial charge in [0.1, 0.15) is 0 Å². The van der Waals surface area contributed by atoms with Crippen LogP contribution in [0.5, 0.6) is 0 Å². The molecule has 2 rings (SSSR count). The fourth-order valence-electron chi connectivity index (χ4n) is 2.56. The molecular weight excluding hydrogens is 224 g/mol. The van der Waals surface area contributed by atoms with Gasteiger partial charge in [0.15, 0.2) is 0 Å². The molecule has 0 heterocycles. The zero-order valence-corrected chi connectivity index (χ0v) is 11.0. The van der Waals surface area contributed by atoms with E-state index in [1.54, 1.807) is 0 Å². The van der Waals surface area contributed by atoms with E-state index in [4.69, 9.17) is 0 Å². The lowest BCUT2D eigenvalue weighted by atomic mass is 9.64. The molecule has 0 saturated heterocycles. The van der Waals surface area contributed by atoms with Crippen molar-refractivity contribution in [2.75, 3.05) is 20.1 Å². The van der Waals surface area contributed by atoms with Gasteiger partial charge < -0.3 is 10.6 Å². The van der Waals surface area contributed by atoms with Crippen LogP contribution in [0.1, 0.15) is 31.2 Å². The van der Waals surface area contributed by atoms with Gasteiger partial charge in [-0.15, -0.1) is 0 Å². The van der Waals surface area contributed by atoms with Crippen LogP contribution in [0.15, 0.2) is 30.3 Å². The van der Waals surface area contributed by atoms with Crippen LogP contribution in [0, 0.1) is 0 Å². The molecule has 0 spiro atoms. The van der Waals surface area contributed by atoms with E-state index in [1.165, 1.54) is 24.8 Å². The number of nitrogens with one attached hydrogen (secondary N) is 2. The second-order valence-corrected chi connectivity index (χ2v) is 5.13. The Labute approximate surface area is 109 Å². The third kappa shape index (κ3) is 2.91. The van der Waals surface area contributed by atoms with Crippen molar-refractivity contribution in [3.8, 4) is 0 Å². The summed E-state index contributed by atoms with van der Waals surface area (Å²) in [6.45, 7) is 1.52. The molecule has 3 heteroatoms. The maximum atomic E-state index is 11.7. The van der Waals surface area contributed by atoms with E-state index in [0.29, 0.717) is 6.42 Å². The van der Waals surface area contributed by atoms with Gasteiger partial charge in [-0.3, -0.25) is 4.79 Å². The van der Waals surface area contributed by atoms with Crippen molar-refractivity contribution in [3.05, 3.63) is 35.9 Å². The smallest absolute Gasteiger partial charge is 0.221 e. The van der Waals surface area contributed by atoms with Gasteiger partial charge in [-0.05, 0) is 25.5 Å². The van der Waals surface area contributed by atoms with Gasteiger partial charge in [0.2, 0.25) is 5.91 Å². The van der Waals surface area contributed by atoms with Crippen LogP contribution in [0.2, 0.25) is 0 Å². The molecule has 0 bridgehead atoms. The average molecular weight is 246 g/mol. The minimum atomic E-state index is 0.145. The van der Waals surface area contributed by atoms with Crippen molar-refractivity contribution in [1.82, 2.24) is 10.6 Å². The molecule has 1 amide bonds. The quantitative estimate of drug-likeness (QED) is 0.804. The van der Waals surface area contributed by atoms with Crippen LogP contribution in [0.25, 0.3) is 0 Å². The molecule has 1 aromatic carbocycles. The highest BCUT2D eigenvalue weighted by atomic mass is 16.1. The standard InChI is InChI=1S/C15H22N2O/c1-16-11-8-14(18)17-12-15(9-5-10-15)13-6-3-2-4-7-13/h2-4,6-7,16H,5,8-12H2,1H3,(H,17,18). The highest BCUT2D eigenvalue weighted by Gasteiger charge is 2.38. The van der Waals surface area contributed by atoms with Crippen LogP contribution in [0.3, 0.4) is 0 Å². The zero-order chi connectivity index (χ0) is 12.8. The lowest BCUT2D eigenvalue weighted by Gasteiger charge is -2.42. The summed E-state index contributed by atoms with van der Waals surface area (Å²) in [5.41, 5.74) is 1.56. The minimum Gasteiger partial charge on any atom is -0.355 e. The lowest BCUT2D eigenvalue weighted by Crippen LogP contribution is -2.45. The first kappa shape index (κ1) is 13.1. The van der Waals surface area contributed by atoms with Gasteiger partial charge >= 0.3 is 0 Å². The third-order valence-corrected chi connectivity index (χ3v) is 3.92. The molecule has 1 aliphatic rings. The van der Waals surface area contributed by atoms with Gasteiger partial charge in [-0.1, -0.05) is 36.8 Å². The Hall–Kier alpha value is -1.35. The summed E-state index contributed by atoms with van der Waals surface area (Å²) in [6, 6.07) is 10.6. The molecule has 18 heavy (non-hydrogen) atoms. The second kappa shape index (κ2) is 6.01. The molecule has 0 atom stereocenters. The summed E-state index contributed by atoms with van der Waals surface area (Å²) in [4.78, 5) is 11.7. The van der Waals surface area contributed by atoms with Crippen molar-refractivity contribution in [1.29, 1.82) is 0 Å². The van der Waals surface area contributed by atoms with Gasteiger partial charge in [0.25, 0.3) is 0 Å². The Balaban J connectivity index is 1.91. The normalized spacial score (nSPS) is 16.9. The summed E-state index contributed by atoms with van der Waals surface area (Å²) >= 11 is 0. The Kier molecular flexibility index (Phi) is 4.37. The summed E-state index contributed by atoms with van der Waals surface area (Å²) in [7, 11) is 1.87. The Morgan fingerprint density at radius 2 is 2.00 bits per heavy atom. The molecule has 1 aromatic rings. The van der Waals surface area contributed by atoms with E-state index >= 15 is 0 Å². The highest BCUT2D eigenvalue weighted by molar-refractivity contribution is 5.76. The molecule has 0 radical (unpaired) electrons. The Bertz CT molecular complexity index is 385. The van der Waals surface area contributed by atoms with Crippen molar-refractivity contribution in [2.24, 2.45) is 0 Å². The average Bonchev–Trinajstić information content (AvgIpc) is 2.36. The van der Waals surface area contributed by atoms with Gasteiger partial charge in [0.05, 0.1) is 0 Å². The fraction of sp³-hybridized carbons (Fsp3) is 0.533. The summed E-state index contributed by atoms with van der Waals surface area (Å²) in [5, 5.41) is 6.07. The van der Waals surface area contributed by atoms with Crippen LogP contribution >= 0.6 is 0 Å². The van der Waals surface area contributed by atoms with Crippen molar-refractivity contribution in [2.45, 2.75) is 31.1 Å². The van der Waals surface area contributed by atoms with E-state index in [2.05, 4.69) is 34.9 Å². The fourth-order valence-corrected chi connectivity index (χ4v) is 2.56. The van der Waals surface area contributed by atoms with Crippen molar-refractivity contribution < 1.29 is 4.79 Å². The minimum absolute atomic E-state index is 0.145. The summed E-state index contributed by atoms with van der Waals surface area (Å²) < 4.78 is 0. The topological polar surface area (TPSA) is 41.1 Å². The van der Waals surface area contributed by atoms with Crippen molar-refractivity contribution >= 4 is 5.91 Å².